The summed E-state index contributed by atoms with van der Waals surface area (Å²) in [5.41, 5.74) is 0. The average Bonchev–Trinajstić information content (AvgIpc) is 3.30. The molecule has 0 aromatic carbocycles. The van der Waals surface area contributed by atoms with Crippen molar-refractivity contribution in [2.45, 2.75) is 50.7 Å². The second-order valence-electron chi connectivity index (χ2n) is 6.34. The number of ether oxygens (including phenoxy) is 1. The van der Waals surface area contributed by atoms with Crippen LogP contribution in [0.25, 0.3) is 10.7 Å². The minimum Gasteiger partial charge on any atom is -0.374 e. The number of amides is 1. The minimum atomic E-state index is 0.172. The molecule has 0 spiro atoms. The van der Waals surface area contributed by atoms with Gasteiger partial charge in [0.25, 0.3) is 0 Å². The number of hydrogen-bond acceptors (Lipinski definition) is 6. The highest BCUT2D eigenvalue weighted by Crippen LogP contribution is 2.29. The van der Waals surface area contributed by atoms with Crippen LogP contribution in [0.1, 0.15) is 38.0 Å². The van der Waals surface area contributed by atoms with Gasteiger partial charge < -0.3 is 14.2 Å². The molecule has 0 unspecified atom stereocenters. The largest absolute Gasteiger partial charge is 0.374 e. The summed E-state index contributed by atoms with van der Waals surface area (Å²) in [7, 11) is 0. The highest BCUT2D eigenvalue weighted by molar-refractivity contribution is 7.13. The van der Waals surface area contributed by atoms with Crippen LogP contribution >= 0.6 is 11.3 Å². The highest BCUT2D eigenvalue weighted by Gasteiger charge is 2.36. The third-order valence-electron chi connectivity index (χ3n) is 4.81. The van der Waals surface area contributed by atoms with Crippen LogP contribution in [-0.2, 0) is 16.0 Å². The monoisotopic (exact) mass is 347 g/mol. The lowest BCUT2D eigenvalue weighted by molar-refractivity contribution is -0.149. The van der Waals surface area contributed by atoms with E-state index in [2.05, 4.69) is 10.1 Å². The molecule has 7 heteroatoms. The van der Waals surface area contributed by atoms with E-state index in [9.17, 15) is 4.79 Å². The van der Waals surface area contributed by atoms with Crippen molar-refractivity contribution in [3.05, 3.63) is 23.4 Å². The van der Waals surface area contributed by atoms with Crippen LogP contribution in [0, 0.1) is 0 Å². The van der Waals surface area contributed by atoms with E-state index in [4.69, 9.17) is 9.26 Å². The van der Waals surface area contributed by atoms with E-state index < -0.39 is 0 Å². The Labute approximate surface area is 144 Å². The fraction of sp³-hybridized carbons (Fsp3) is 0.588. The standard InChI is InChI=1S/C17H21N3O3S/c21-16(20-9-10-22-13-5-2-1-4-12(13)20)8-7-15-18-17(19-23-15)14-6-3-11-24-14/h3,6,11-13H,1-2,4-5,7-10H2/t12-,13-/m1/s1. The van der Waals surface area contributed by atoms with Gasteiger partial charge in [-0.25, -0.2) is 0 Å². The van der Waals surface area contributed by atoms with E-state index in [1.165, 1.54) is 12.8 Å². The second kappa shape index (κ2) is 7.03. The number of aromatic nitrogens is 2. The third kappa shape index (κ3) is 3.23. The summed E-state index contributed by atoms with van der Waals surface area (Å²) in [6, 6.07) is 4.17. The fourth-order valence-corrected chi connectivity index (χ4v) is 4.28. The molecule has 2 aliphatic rings. The molecular weight excluding hydrogens is 326 g/mol. The van der Waals surface area contributed by atoms with Gasteiger partial charge in [0, 0.05) is 19.4 Å². The minimum absolute atomic E-state index is 0.172. The first-order valence-corrected chi connectivity index (χ1v) is 9.47. The summed E-state index contributed by atoms with van der Waals surface area (Å²) in [5.74, 6) is 1.30. The molecule has 2 aromatic rings. The van der Waals surface area contributed by atoms with Crippen molar-refractivity contribution in [1.82, 2.24) is 15.0 Å². The zero-order chi connectivity index (χ0) is 16.4. The molecule has 1 aliphatic heterocycles. The molecule has 24 heavy (non-hydrogen) atoms. The summed E-state index contributed by atoms with van der Waals surface area (Å²) in [5, 5.41) is 5.97. The zero-order valence-electron chi connectivity index (χ0n) is 13.5. The Bertz CT molecular complexity index is 683. The molecule has 0 radical (unpaired) electrons. The second-order valence-corrected chi connectivity index (χ2v) is 7.28. The quantitative estimate of drug-likeness (QED) is 0.851. The number of hydrogen-bond donors (Lipinski definition) is 0. The summed E-state index contributed by atoms with van der Waals surface area (Å²) < 4.78 is 11.1. The number of fused-ring (bicyclic) bond motifs is 1. The number of nitrogens with zero attached hydrogens (tertiary/aromatic N) is 3. The van der Waals surface area contributed by atoms with Crippen molar-refractivity contribution < 1.29 is 14.1 Å². The molecule has 1 saturated carbocycles. The first-order chi connectivity index (χ1) is 11.8. The van der Waals surface area contributed by atoms with Crippen molar-refractivity contribution >= 4 is 17.2 Å². The Balaban J connectivity index is 1.36. The molecule has 1 saturated heterocycles. The van der Waals surface area contributed by atoms with E-state index in [1.807, 2.05) is 22.4 Å². The number of carbonyl (C=O) groups excluding carboxylic acids is 1. The maximum atomic E-state index is 12.6. The maximum Gasteiger partial charge on any atom is 0.227 e. The first kappa shape index (κ1) is 15.8. The molecule has 0 N–H and O–H groups in total. The fourth-order valence-electron chi connectivity index (χ4n) is 3.63. The Morgan fingerprint density at radius 3 is 3.17 bits per heavy atom. The van der Waals surface area contributed by atoms with Gasteiger partial charge in [0.2, 0.25) is 17.6 Å². The molecule has 3 heterocycles. The predicted octanol–water partition coefficient (Wildman–Crippen LogP) is 2.90. The summed E-state index contributed by atoms with van der Waals surface area (Å²) >= 11 is 1.57. The van der Waals surface area contributed by atoms with Crippen LogP contribution in [0.15, 0.2) is 22.0 Å². The molecule has 1 amide bonds. The number of aryl methyl sites for hydroxylation is 1. The third-order valence-corrected chi connectivity index (χ3v) is 5.68. The molecule has 0 bridgehead atoms. The van der Waals surface area contributed by atoms with Crippen molar-refractivity contribution in [3.63, 3.8) is 0 Å². The number of carbonyl (C=O) groups is 1. The van der Waals surface area contributed by atoms with Crippen LogP contribution in [0.4, 0.5) is 0 Å². The van der Waals surface area contributed by atoms with Gasteiger partial charge in [-0.15, -0.1) is 11.3 Å². The zero-order valence-corrected chi connectivity index (χ0v) is 14.3. The van der Waals surface area contributed by atoms with Gasteiger partial charge in [0.1, 0.15) is 0 Å². The topological polar surface area (TPSA) is 68.5 Å². The van der Waals surface area contributed by atoms with Gasteiger partial charge in [-0.2, -0.15) is 4.98 Å². The van der Waals surface area contributed by atoms with E-state index in [0.717, 1.165) is 17.7 Å². The lowest BCUT2D eigenvalue weighted by atomic mass is 9.90. The molecule has 4 rings (SSSR count). The Morgan fingerprint density at radius 1 is 1.38 bits per heavy atom. The average molecular weight is 347 g/mol. The molecule has 1 aliphatic carbocycles. The van der Waals surface area contributed by atoms with Crippen molar-refractivity contribution in [2.24, 2.45) is 0 Å². The summed E-state index contributed by atoms with van der Waals surface area (Å²) in [6.45, 7) is 1.35. The maximum absolute atomic E-state index is 12.6. The smallest absolute Gasteiger partial charge is 0.227 e. The van der Waals surface area contributed by atoms with Crippen molar-refractivity contribution in [2.75, 3.05) is 13.2 Å². The predicted molar refractivity (Wildman–Crippen MR) is 89.6 cm³/mol. The van der Waals surface area contributed by atoms with Gasteiger partial charge in [0.05, 0.1) is 23.6 Å². The Morgan fingerprint density at radius 2 is 2.29 bits per heavy atom. The number of morpholine rings is 1. The van der Waals surface area contributed by atoms with Crippen LogP contribution in [-0.4, -0.2) is 46.2 Å². The van der Waals surface area contributed by atoms with Gasteiger partial charge in [-0.1, -0.05) is 24.1 Å². The molecule has 2 atom stereocenters. The van der Waals surface area contributed by atoms with Crippen molar-refractivity contribution in [3.8, 4) is 10.7 Å². The van der Waals surface area contributed by atoms with Crippen LogP contribution in [0.5, 0.6) is 0 Å². The van der Waals surface area contributed by atoms with Crippen LogP contribution in [0.3, 0.4) is 0 Å². The Kier molecular flexibility index (Phi) is 4.62. The number of rotatable bonds is 4. The van der Waals surface area contributed by atoms with Crippen molar-refractivity contribution in [1.29, 1.82) is 0 Å². The normalized spacial score (nSPS) is 23.9. The molecule has 2 fully saturated rings. The first-order valence-electron chi connectivity index (χ1n) is 8.59. The van der Waals surface area contributed by atoms with Gasteiger partial charge in [-0.05, 0) is 24.3 Å². The Hall–Kier alpha value is -1.73. The van der Waals surface area contributed by atoms with Gasteiger partial charge in [-0.3, -0.25) is 4.79 Å². The highest BCUT2D eigenvalue weighted by atomic mass is 32.1. The van der Waals surface area contributed by atoms with E-state index in [0.29, 0.717) is 37.7 Å². The van der Waals surface area contributed by atoms with E-state index in [1.54, 1.807) is 11.3 Å². The lowest BCUT2D eigenvalue weighted by Gasteiger charge is -2.43. The summed E-state index contributed by atoms with van der Waals surface area (Å²) in [6.07, 6.45) is 5.65. The van der Waals surface area contributed by atoms with Crippen LogP contribution < -0.4 is 0 Å². The molecule has 2 aromatic heterocycles. The summed E-state index contributed by atoms with van der Waals surface area (Å²) in [4.78, 5) is 20.0. The van der Waals surface area contributed by atoms with E-state index >= 15 is 0 Å². The number of thiophene rings is 1. The lowest BCUT2D eigenvalue weighted by Crippen LogP contribution is -2.54. The molecule has 128 valence electrons. The molecule has 6 nitrogen and oxygen atoms in total. The molecular formula is C17H21N3O3S. The van der Waals surface area contributed by atoms with E-state index in [-0.39, 0.29) is 18.1 Å². The van der Waals surface area contributed by atoms with Gasteiger partial charge in [0.15, 0.2) is 0 Å². The van der Waals surface area contributed by atoms with Gasteiger partial charge >= 0.3 is 0 Å². The SMILES string of the molecule is O=C(CCc1nc(-c2cccs2)no1)N1CCO[C@@H]2CCCC[C@H]21. The van der Waals surface area contributed by atoms with Crippen LogP contribution in [0.2, 0.25) is 0 Å².